The van der Waals surface area contributed by atoms with E-state index in [0.29, 0.717) is 23.0 Å². The van der Waals surface area contributed by atoms with Crippen molar-refractivity contribution in [1.29, 1.82) is 0 Å². The molecule has 11 heavy (non-hydrogen) atoms. The van der Waals surface area contributed by atoms with Crippen molar-refractivity contribution in [3.63, 3.8) is 0 Å². The first-order chi connectivity index (χ1) is 5.11. The van der Waals surface area contributed by atoms with Crippen LogP contribution in [0.1, 0.15) is 20.8 Å². The topological polar surface area (TPSA) is 29.1 Å². The van der Waals surface area contributed by atoms with Crippen molar-refractivity contribution in [1.82, 2.24) is 5.32 Å². The average Bonchev–Trinajstić information content (AvgIpc) is 1.85. The molecule has 0 aromatic heterocycles. The molecule has 0 spiro atoms. The first kappa shape index (κ1) is 8.91. The van der Waals surface area contributed by atoms with Crippen LogP contribution in [0.15, 0.2) is 0 Å². The Bertz CT molecular complexity index is 158. The van der Waals surface area contributed by atoms with Gasteiger partial charge in [0.05, 0.1) is 5.75 Å². The fourth-order valence-corrected chi connectivity index (χ4v) is 2.63. The van der Waals surface area contributed by atoms with Crippen LogP contribution in [0.3, 0.4) is 0 Å². The Hall–Kier alpha value is -0.180. The van der Waals surface area contributed by atoms with Crippen LogP contribution in [0.4, 0.5) is 0 Å². The summed E-state index contributed by atoms with van der Waals surface area (Å²) >= 11 is 1.78. The van der Waals surface area contributed by atoms with Gasteiger partial charge in [-0.3, -0.25) is 4.79 Å². The molecule has 1 aliphatic heterocycles. The molecule has 0 aromatic rings. The maximum atomic E-state index is 10.9. The Morgan fingerprint density at radius 2 is 2.27 bits per heavy atom. The third-order valence-electron chi connectivity index (χ3n) is 1.95. The average molecular weight is 173 g/mol. The van der Waals surface area contributed by atoms with Gasteiger partial charge in [-0.05, 0) is 12.8 Å². The zero-order valence-corrected chi connectivity index (χ0v) is 8.07. The Kier molecular flexibility index (Phi) is 2.82. The molecule has 1 amide bonds. The fraction of sp³-hybridized carbons (Fsp3) is 0.875. The quantitative estimate of drug-likeness (QED) is 0.647. The number of rotatable bonds is 1. The molecule has 0 radical (unpaired) electrons. The second-order valence-corrected chi connectivity index (χ2v) is 4.54. The summed E-state index contributed by atoms with van der Waals surface area (Å²) in [4.78, 5) is 10.9. The predicted octanol–water partition coefficient (Wildman–Crippen LogP) is 1.26. The third-order valence-corrected chi connectivity index (χ3v) is 3.71. The van der Waals surface area contributed by atoms with Gasteiger partial charge in [-0.1, -0.05) is 13.8 Å². The van der Waals surface area contributed by atoms with E-state index >= 15 is 0 Å². The van der Waals surface area contributed by atoms with Crippen LogP contribution in [-0.2, 0) is 4.79 Å². The van der Waals surface area contributed by atoms with Gasteiger partial charge in [0.1, 0.15) is 0 Å². The van der Waals surface area contributed by atoms with E-state index < -0.39 is 0 Å². The molecular formula is C8H15NOS. The second kappa shape index (κ2) is 3.48. The molecule has 1 rings (SSSR count). The molecule has 3 heteroatoms. The van der Waals surface area contributed by atoms with E-state index in [0.717, 1.165) is 0 Å². The molecule has 2 nitrogen and oxygen atoms in total. The monoisotopic (exact) mass is 173 g/mol. The van der Waals surface area contributed by atoms with Crippen LogP contribution in [0, 0.1) is 5.92 Å². The minimum atomic E-state index is 0.180. The van der Waals surface area contributed by atoms with Crippen LogP contribution >= 0.6 is 11.8 Å². The van der Waals surface area contributed by atoms with Crippen molar-refractivity contribution < 1.29 is 4.79 Å². The van der Waals surface area contributed by atoms with Gasteiger partial charge < -0.3 is 5.32 Å². The normalized spacial score (nSPS) is 32.2. The van der Waals surface area contributed by atoms with Gasteiger partial charge in [-0.2, -0.15) is 0 Å². The van der Waals surface area contributed by atoms with Crippen molar-refractivity contribution in [3.05, 3.63) is 0 Å². The molecule has 1 N–H and O–H groups in total. The first-order valence-electron chi connectivity index (χ1n) is 4.02. The highest BCUT2D eigenvalue weighted by Crippen LogP contribution is 2.25. The lowest BCUT2D eigenvalue weighted by molar-refractivity contribution is -0.119. The lowest BCUT2D eigenvalue weighted by atomic mass is 10.0. The van der Waals surface area contributed by atoms with Crippen LogP contribution in [0.5, 0.6) is 0 Å². The van der Waals surface area contributed by atoms with Gasteiger partial charge in [-0.25, -0.2) is 0 Å². The zero-order chi connectivity index (χ0) is 8.43. The predicted molar refractivity (Wildman–Crippen MR) is 48.7 cm³/mol. The van der Waals surface area contributed by atoms with Crippen LogP contribution < -0.4 is 5.32 Å². The van der Waals surface area contributed by atoms with Gasteiger partial charge >= 0.3 is 0 Å². The highest BCUT2D eigenvalue weighted by molar-refractivity contribution is 8.00. The second-order valence-electron chi connectivity index (χ2n) is 3.38. The minimum absolute atomic E-state index is 0.180. The molecule has 0 bridgehead atoms. The molecule has 2 atom stereocenters. The summed E-state index contributed by atoms with van der Waals surface area (Å²) in [6.07, 6.45) is 0. The van der Waals surface area contributed by atoms with Gasteiger partial charge in [0.25, 0.3) is 0 Å². The largest absolute Gasteiger partial charge is 0.352 e. The Labute approximate surface area is 72.1 Å². The fourth-order valence-electron chi connectivity index (χ4n) is 1.46. The number of carbonyl (C=O) groups is 1. The van der Waals surface area contributed by atoms with Crippen molar-refractivity contribution in [2.75, 3.05) is 5.75 Å². The highest BCUT2D eigenvalue weighted by atomic mass is 32.2. The molecule has 1 heterocycles. The van der Waals surface area contributed by atoms with Crippen LogP contribution in [0.25, 0.3) is 0 Å². The molecule has 1 saturated heterocycles. The van der Waals surface area contributed by atoms with E-state index in [1.807, 2.05) is 0 Å². The number of hydrogen-bond donors (Lipinski definition) is 1. The van der Waals surface area contributed by atoms with Gasteiger partial charge in [0.2, 0.25) is 5.91 Å². The molecular weight excluding hydrogens is 158 g/mol. The summed E-state index contributed by atoms with van der Waals surface area (Å²) in [6, 6.07) is 0.334. The maximum Gasteiger partial charge on any atom is 0.230 e. The van der Waals surface area contributed by atoms with Crippen molar-refractivity contribution in [2.24, 2.45) is 5.92 Å². The number of amides is 1. The molecule has 0 aliphatic carbocycles. The molecule has 1 fully saturated rings. The maximum absolute atomic E-state index is 10.9. The molecule has 64 valence electrons. The number of nitrogens with one attached hydrogen (secondary N) is 1. The third kappa shape index (κ3) is 2.12. The summed E-state index contributed by atoms with van der Waals surface area (Å²) in [5, 5.41) is 3.54. The van der Waals surface area contributed by atoms with Crippen molar-refractivity contribution >= 4 is 17.7 Å². The molecule has 0 aromatic carbocycles. The van der Waals surface area contributed by atoms with Crippen molar-refractivity contribution in [3.8, 4) is 0 Å². The summed E-state index contributed by atoms with van der Waals surface area (Å²) in [5.74, 6) is 1.46. The van der Waals surface area contributed by atoms with E-state index in [-0.39, 0.29) is 5.91 Å². The summed E-state index contributed by atoms with van der Waals surface area (Å²) < 4.78 is 0. The number of carbonyl (C=O) groups excluding carboxylic acids is 1. The van der Waals surface area contributed by atoms with E-state index in [4.69, 9.17) is 0 Å². The summed E-state index contributed by atoms with van der Waals surface area (Å²) in [7, 11) is 0. The van der Waals surface area contributed by atoms with Crippen LogP contribution in [-0.4, -0.2) is 23.0 Å². The van der Waals surface area contributed by atoms with E-state index in [1.54, 1.807) is 11.8 Å². The van der Waals surface area contributed by atoms with Gasteiger partial charge in [-0.15, -0.1) is 11.8 Å². The highest BCUT2D eigenvalue weighted by Gasteiger charge is 2.27. The Morgan fingerprint density at radius 1 is 1.64 bits per heavy atom. The lowest BCUT2D eigenvalue weighted by Crippen LogP contribution is -2.47. The standard InChI is InChI=1S/C8H15NOS/c1-5(2)8-6(3)9-7(10)4-11-8/h5-6,8H,4H2,1-3H3,(H,9,10). The van der Waals surface area contributed by atoms with E-state index in [1.165, 1.54) is 0 Å². The Balaban J connectivity index is 2.50. The van der Waals surface area contributed by atoms with Gasteiger partial charge in [0, 0.05) is 11.3 Å². The first-order valence-corrected chi connectivity index (χ1v) is 5.07. The van der Waals surface area contributed by atoms with Crippen LogP contribution in [0.2, 0.25) is 0 Å². The number of hydrogen-bond acceptors (Lipinski definition) is 2. The smallest absolute Gasteiger partial charge is 0.230 e. The minimum Gasteiger partial charge on any atom is -0.352 e. The van der Waals surface area contributed by atoms with E-state index in [2.05, 4.69) is 26.1 Å². The van der Waals surface area contributed by atoms with Crippen molar-refractivity contribution in [2.45, 2.75) is 32.1 Å². The lowest BCUT2D eigenvalue weighted by Gasteiger charge is -2.31. The van der Waals surface area contributed by atoms with E-state index in [9.17, 15) is 4.79 Å². The zero-order valence-electron chi connectivity index (χ0n) is 7.26. The molecule has 2 unspecified atom stereocenters. The molecule has 0 saturated carbocycles. The SMILES string of the molecule is CC(C)C1SCC(=O)NC1C. The Morgan fingerprint density at radius 3 is 2.73 bits per heavy atom. The van der Waals surface area contributed by atoms with Gasteiger partial charge in [0.15, 0.2) is 0 Å². The molecule has 1 aliphatic rings. The number of thioether (sulfide) groups is 1. The summed E-state index contributed by atoms with van der Waals surface area (Å²) in [6.45, 7) is 6.48. The summed E-state index contributed by atoms with van der Waals surface area (Å²) in [5.41, 5.74) is 0.